The molecule has 2 aliphatic rings. The van der Waals surface area contributed by atoms with Crippen LogP contribution in [0.25, 0.3) is 0 Å². The lowest BCUT2D eigenvalue weighted by atomic mass is 9.90. The summed E-state index contributed by atoms with van der Waals surface area (Å²) in [7, 11) is 1.86. The molecular weight excluding hydrogens is 200 g/mol. The van der Waals surface area contributed by atoms with Crippen LogP contribution < -0.4 is 5.32 Å². The van der Waals surface area contributed by atoms with E-state index in [1.807, 2.05) is 11.9 Å². The second kappa shape index (κ2) is 3.55. The predicted molar refractivity (Wildman–Crippen MR) is 55.1 cm³/mol. The third-order valence-corrected chi connectivity index (χ3v) is 4.27. The molecule has 2 saturated heterocycles. The number of rotatable bonds is 0. The fourth-order valence-electron chi connectivity index (χ4n) is 2.08. The quantitative estimate of drug-likeness (QED) is 0.569. The molecule has 2 heterocycles. The van der Waals surface area contributed by atoms with E-state index >= 15 is 0 Å². The molecule has 78 valence electrons. The molecule has 0 aliphatic carbocycles. The maximum absolute atomic E-state index is 11.8. The third kappa shape index (κ3) is 1.44. The highest BCUT2D eigenvalue weighted by Crippen LogP contribution is 2.32. The van der Waals surface area contributed by atoms with Crippen LogP contribution in [0.5, 0.6) is 0 Å². The van der Waals surface area contributed by atoms with Gasteiger partial charge in [-0.1, -0.05) is 0 Å². The Hall–Kier alpha value is -0.550. The van der Waals surface area contributed by atoms with Crippen LogP contribution in [-0.2, 0) is 9.59 Å². The van der Waals surface area contributed by atoms with E-state index in [1.165, 1.54) is 0 Å². The van der Waals surface area contributed by atoms with Gasteiger partial charge in [0.15, 0.2) is 0 Å². The van der Waals surface area contributed by atoms with Gasteiger partial charge in [0.1, 0.15) is 5.54 Å². The zero-order chi connectivity index (χ0) is 10.2. The van der Waals surface area contributed by atoms with Gasteiger partial charge in [-0.05, 0) is 25.6 Å². The third-order valence-electron chi connectivity index (χ3n) is 3.01. The summed E-state index contributed by atoms with van der Waals surface area (Å²) in [4.78, 5) is 24.8. The summed E-state index contributed by atoms with van der Waals surface area (Å²) in [5.74, 6) is 1.64. The van der Waals surface area contributed by atoms with E-state index in [1.54, 1.807) is 11.8 Å². The minimum absolute atomic E-state index is 0.108. The number of hydrogen-bond donors (Lipinski definition) is 1. The van der Waals surface area contributed by atoms with Crippen LogP contribution in [-0.4, -0.2) is 47.4 Å². The number of amides is 2. The summed E-state index contributed by atoms with van der Waals surface area (Å²) in [6, 6.07) is 0. The van der Waals surface area contributed by atoms with Crippen LogP contribution in [0.1, 0.15) is 12.8 Å². The number of nitrogens with one attached hydrogen (secondary N) is 1. The molecule has 0 aromatic rings. The molecule has 0 radical (unpaired) electrons. The smallest absolute Gasteiger partial charge is 0.247 e. The van der Waals surface area contributed by atoms with Crippen molar-refractivity contribution in [2.75, 3.05) is 25.1 Å². The summed E-state index contributed by atoms with van der Waals surface area (Å²) in [5, 5.41) is 2.44. The standard InChI is InChI=1S/C9H14N2O2S/c1-11-5-7(12)10-8(13)9(11)3-2-4-14-6-9/h2-6H2,1H3,(H,10,12,13). The Balaban J connectivity index is 2.22. The first-order chi connectivity index (χ1) is 6.65. The first kappa shape index (κ1) is 9.98. The van der Waals surface area contributed by atoms with Crippen LogP contribution in [0, 0.1) is 0 Å². The number of carbonyl (C=O) groups excluding carboxylic acids is 2. The van der Waals surface area contributed by atoms with Gasteiger partial charge in [-0.2, -0.15) is 11.8 Å². The number of piperazine rings is 1. The lowest BCUT2D eigenvalue weighted by molar-refractivity contribution is -0.145. The van der Waals surface area contributed by atoms with Crippen LogP contribution in [0.4, 0.5) is 0 Å². The highest BCUT2D eigenvalue weighted by Gasteiger charge is 2.47. The van der Waals surface area contributed by atoms with Crippen molar-refractivity contribution >= 4 is 23.6 Å². The molecule has 2 fully saturated rings. The summed E-state index contributed by atoms with van der Waals surface area (Å²) in [5.41, 5.74) is -0.420. The minimum atomic E-state index is -0.420. The van der Waals surface area contributed by atoms with Gasteiger partial charge in [-0.3, -0.25) is 19.8 Å². The van der Waals surface area contributed by atoms with E-state index in [2.05, 4.69) is 5.32 Å². The Bertz CT molecular complexity index is 274. The van der Waals surface area contributed by atoms with Gasteiger partial charge in [0, 0.05) is 5.75 Å². The fourth-order valence-corrected chi connectivity index (χ4v) is 3.41. The van der Waals surface area contributed by atoms with Crippen molar-refractivity contribution in [3.8, 4) is 0 Å². The van der Waals surface area contributed by atoms with Crippen molar-refractivity contribution in [1.29, 1.82) is 0 Å². The minimum Gasteiger partial charge on any atom is -0.294 e. The van der Waals surface area contributed by atoms with Crippen molar-refractivity contribution in [3.05, 3.63) is 0 Å². The molecule has 2 rings (SSSR count). The van der Waals surface area contributed by atoms with E-state index in [9.17, 15) is 9.59 Å². The number of hydrogen-bond acceptors (Lipinski definition) is 4. The number of nitrogens with zero attached hydrogens (tertiary/aromatic N) is 1. The average Bonchev–Trinajstić information content (AvgIpc) is 2.16. The molecule has 0 bridgehead atoms. The summed E-state index contributed by atoms with van der Waals surface area (Å²) < 4.78 is 0. The lowest BCUT2D eigenvalue weighted by Crippen LogP contribution is -2.67. The van der Waals surface area contributed by atoms with E-state index in [0.29, 0.717) is 6.54 Å². The molecule has 2 amide bonds. The molecule has 14 heavy (non-hydrogen) atoms. The van der Waals surface area contributed by atoms with Crippen LogP contribution in [0.2, 0.25) is 0 Å². The van der Waals surface area contributed by atoms with E-state index in [-0.39, 0.29) is 11.8 Å². The van der Waals surface area contributed by atoms with Crippen LogP contribution in [0.3, 0.4) is 0 Å². The van der Waals surface area contributed by atoms with E-state index in [0.717, 1.165) is 24.3 Å². The fraction of sp³-hybridized carbons (Fsp3) is 0.778. The molecule has 4 nitrogen and oxygen atoms in total. The largest absolute Gasteiger partial charge is 0.294 e. The lowest BCUT2D eigenvalue weighted by Gasteiger charge is -2.44. The summed E-state index contributed by atoms with van der Waals surface area (Å²) in [6.45, 7) is 0.340. The first-order valence-corrected chi connectivity index (χ1v) is 5.94. The molecule has 2 aliphatic heterocycles. The van der Waals surface area contributed by atoms with Crippen molar-refractivity contribution in [3.63, 3.8) is 0 Å². The van der Waals surface area contributed by atoms with Gasteiger partial charge in [0.2, 0.25) is 11.8 Å². The molecule has 0 aromatic carbocycles. The molecule has 5 heteroatoms. The normalized spacial score (nSPS) is 34.6. The van der Waals surface area contributed by atoms with Crippen molar-refractivity contribution in [1.82, 2.24) is 10.2 Å². The number of likely N-dealkylation sites (N-methyl/N-ethyl adjacent to an activating group) is 1. The summed E-state index contributed by atoms with van der Waals surface area (Å²) in [6.07, 6.45) is 1.92. The molecule has 1 N–H and O–H groups in total. The Morgan fingerprint density at radius 3 is 2.86 bits per heavy atom. The highest BCUT2D eigenvalue weighted by atomic mass is 32.2. The van der Waals surface area contributed by atoms with Crippen LogP contribution in [0.15, 0.2) is 0 Å². The SMILES string of the molecule is CN1CC(=O)NC(=O)C12CCCSC2. The van der Waals surface area contributed by atoms with Gasteiger partial charge in [0.05, 0.1) is 6.54 Å². The Morgan fingerprint density at radius 2 is 2.29 bits per heavy atom. The Labute approximate surface area is 87.4 Å². The zero-order valence-electron chi connectivity index (χ0n) is 8.21. The maximum atomic E-state index is 11.8. The number of thioether (sulfide) groups is 1. The first-order valence-electron chi connectivity index (χ1n) is 4.78. The van der Waals surface area contributed by atoms with E-state index in [4.69, 9.17) is 0 Å². The Morgan fingerprint density at radius 1 is 1.50 bits per heavy atom. The van der Waals surface area contributed by atoms with Gasteiger partial charge < -0.3 is 0 Å². The molecule has 0 aromatic heterocycles. The molecule has 1 unspecified atom stereocenters. The van der Waals surface area contributed by atoms with Gasteiger partial charge >= 0.3 is 0 Å². The molecule has 1 spiro atoms. The topological polar surface area (TPSA) is 49.4 Å². The van der Waals surface area contributed by atoms with Crippen molar-refractivity contribution in [2.45, 2.75) is 18.4 Å². The molecule has 0 saturated carbocycles. The summed E-state index contributed by atoms with van der Waals surface area (Å²) >= 11 is 1.80. The monoisotopic (exact) mass is 214 g/mol. The Kier molecular flexibility index (Phi) is 2.53. The van der Waals surface area contributed by atoms with Crippen molar-refractivity contribution < 1.29 is 9.59 Å². The zero-order valence-corrected chi connectivity index (χ0v) is 9.02. The van der Waals surface area contributed by atoms with Gasteiger partial charge in [0.25, 0.3) is 0 Å². The maximum Gasteiger partial charge on any atom is 0.247 e. The molecular formula is C9H14N2O2S. The van der Waals surface area contributed by atoms with E-state index < -0.39 is 5.54 Å². The van der Waals surface area contributed by atoms with Crippen LogP contribution >= 0.6 is 11.8 Å². The van der Waals surface area contributed by atoms with Crippen molar-refractivity contribution in [2.24, 2.45) is 0 Å². The average molecular weight is 214 g/mol. The number of imide groups is 1. The highest BCUT2D eigenvalue weighted by molar-refractivity contribution is 7.99. The number of carbonyl (C=O) groups is 2. The predicted octanol–water partition coefficient (Wildman–Crippen LogP) is -0.160. The van der Waals surface area contributed by atoms with Gasteiger partial charge in [-0.15, -0.1) is 0 Å². The second-order valence-electron chi connectivity index (χ2n) is 3.92. The van der Waals surface area contributed by atoms with Gasteiger partial charge in [-0.25, -0.2) is 0 Å². The second-order valence-corrected chi connectivity index (χ2v) is 5.03. The molecule has 1 atom stereocenters.